The van der Waals surface area contributed by atoms with Crippen LogP contribution in [0.25, 0.3) is 10.4 Å². The summed E-state index contributed by atoms with van der Waals surface area (Å²) in [6.45, 7) is 0.0694. The van der Waals surface area contributed by atoms with Crippen molar-refractivity contribution in [2.24, 2.45) is 10.1 Å². The van der Waals surface area contributed by atoms with Crippen LogP contribution in [0.4, 0.5) is 14.5 Å². The van der Waals surface area contributed by atoms with Gasteiger partial charge in [0.25, 0.3) is 5.91 Å². The van der Waals surface area contributed by atoms with Crippen LogP contribution < -0.4 is 10.1 Å². The van der Waals surface area contributed by atoms with Crippen LogP contribution in [0.2, 0.25) is 0 Å². The Morgan fingerprint density at radius 2 is 1.77 bits per heavy atom. The zero-order chi connectivity index (χ0) is 30.9. The molecule has 1 aliphatic heterocycles. The van der Waals surface area contributed by atoms with Gasteiger partial charge in [-0.3, -0.25) is 4.79 Å². The van der Waals surface area contributed by atoms with Crippen LogP contribution in [0.3, 0.4) is 0 Å². The third kappa shape index (κ3) is 6.70. The summed E-state index contributed by atoms with van der Waals surface area (Å²) in [6.07, 6.45) is -0.480. The Labute approximate surface area is 252 Å². The lowest BCUT2D eigenvalue weighted by atomic mass is 9.81. The summed E-state index contributed by atoms with van der Waals surface area (Å²) in [5, 5.41) is 15.6. The van der Waals surface area contributed by atoms with Gasteiger partial charge in [-0.15, -0.1) is 0 Å². The number of carbonyl (C=O) groups excluding carboxylic acids is 1. The number of azide groups is 1. The molecule has 4 aromatic carbocycles. The van der Waals surface area contributed by atoms with E-state index >= 15 is 0 Å². The van der Waals surface area contributed by atoms with Gasteiger partial charge in [-0.2, -0.15) is 0 Å². The minimum absolute atomic E-state index is 0.0163. The SMILES string of the molecule is [N-]=[N+]=Nc1ccccc1C[C@@]1(C(=O)NCc2cc(F)ccc2F)N=C(c2ccc(OCCCO)cc2)O[C@@H]1c1ccccc1. The van der Waals surface area contributed by atoms with E-state index < -0.39 is 29.2 Å². The number of hydrogen-bond donors (Lipinski definition) is 2. The minimum Gasteiger partial charge on any atom is -0.494 e. The van der Waals surface area contributed by atoms with Crippen molar-refractivity contribution >= 4 is 17.5 Å². The Morgan fingerprint density at radius 1 is 1.02 bits per heavy atom. The quantitative estimate of drug-likeness (QED) is 0.0838. The van der Waals surface area contributed by atoms with Crippen LogP contribution in [0.5, 0.6) is 5.75 Å². The normalized spacial score (nSPS) is 17.2. The summed E-state index contributed by atoms with van der Waals surface area (Å²) >= 11 is 0. The first-order valence-corrected chi connectivity index (χ1v) is 13.9. The monoisotopic (exact) mass is 597 g/mol. The molecule has 9 nitrogen and oxygen atoms in total. The number of carbonyl (C=O) groups is 1. The Kier molecular flexibility index (Phi) is 9.49. The van der Waals surface area contributed by atoms with Crippen LogP contribution in [0, 0.1) is 11.6 Å². The molecule has 5 rings (SSSR count). The summed E-state index contributed by atoms with van der Waals surface area (Å²) in [5.41, 5.74) is 9.61. The smallest absolute Gasteiger partial charge is 0.252 e. The first kappa shape index (κ1) is 30.2. The van der Waals surface area contributed by atoms with Gasteiger partial charge in [0.2, 0.25) is 5.90 Å². The fourth-order valence-electron chi connectivity index (χ4n) is 5.01. The molecule has 11 heteroatoms. The maximum Gasteiger partial charge on any atom is 0.252 e. The summed E-state index contributed by atoms with van der Waals surface area (Å²) in [6, 6.07) is 25.9. The molecule has 0 unspecified atom stereocenters. The van der Waals surface area contributed by atoms with Crippen LogP contribution in [-0.2, 0) is 22.5 Å². The molecule has 4 aromatic rings. The van der Waals surface area contributed by atoms with Gasteiger partial charge in [0.1, 0.15) is 17.4 Å². The second kappa shape index (κ2) is 13.8. The molecule has 0 fully saturated rings. The van der Waals surface area contributed by atoms with Crippen LogP contribution >= 0.6 is 0 Å². The molecule has 1 aliphatic rings. The highest BCUT2D eigenvalue weighted by Crippen LogP contribution is 2.43. The van der Waals surface area contributed by atoms with E-state index in [0.717, 1.165) is 18.2 Å². The standard InChI is InChI=1S/C33H29F2N5O4/c34-26-13-16-28(35)25(19-26)21-37-32(42)33(20-24-9-4-5-10-29(24)39-40-36)30(22-7-2-1-3-8-22)44-31(38-33)23-11-14-27(15-12-23)43-18-6-17-41/h1-5,7-16,19,30,41H,6,17-18,20-21H2,(H,37,42)/t30-,33-/m1/s1. The number of hydrogen-bond acceptors (Lipinski definition) is 6. The van der Waals surface area contributed by atoms with E-state index in [1.54, 1.807) is 48.5 Å². The second-order valence-corrected chi connectivity index (χ2v) is 10.1. The third-order valence-corrected chi connectivity index (χ3v) is 7.18. The summed E-state index contributed by atoms with van der Waals surface area (Å²) in [4.78, 5) is 22.2. The van der Waals surface area contributed by atoms with E-state index in [2.05, 4.69) is 15.3 Å². The van der Waals surface area contributed by atoms with E-state index in [-0.39, 0.29) is 31.0 Å². The van der Waals surface area contributed by atoms with Crippen molar-refractivity contribution < 1.29 is 28.2 Å². The molecule has 0 spiro atoms. The minimum atomic E-state index is -1.64. The highest BCUT2D eigenvalue weighted by atomic mass is 19.1. The molecule has 1 amide bonds. The topological polar surface area (TPSA) is 129 Å². The molecule has 0 radical (unpaired) electrons. The molecular formula is C33H29F2N5O4. The Balaban J connectivity index is 1.59. The van der Waals surface area contributed by atoms with Gasteiger partial charge in [0.05, 0.1) is 6.61 Å². The number of aliphatic hydroxyl groups is 1. The summed E-state index contributed by atoms with van der Waals surface area (Å²) in [7, 11) is 0. The molecule has 1 heterocycles. The molecule has 0 bridgehead atoms. The van der Waals surface area contributed by atoms with E-state index in [1.165, 1.54) is 0 Å². The number of halogens is 2. The van der Waals surface area contributed by atoms with Crippen LogP contribution in [-0.4, -0.2) is 35.7 Å². The number of ether oxygens (including phenoxy) is 2. The number of rotatable bonds is 12. The zero-order valence-electron chi connectivity index (χ0n) is 23.6. The zero-order valence-corrected chi connectivity index (χ0v) is 23.6. The lowest BCUT2D eigenvalue weighted by Gasteiger charge is -2.31. The predicted molar refractivity (Wildman–Crippen MR) is 160 cm³/mol. The highest BCUT2D eigenvalue weighted by Gasteiger charge is 2.53. The van der Waals surface area contributed by atoms with Gasteiger partial charge >= 0.3 is 0 Å². The van der Waals surface area contributed by atoms with E-state index in [0.29, 0.717) is 41.2 Å². The first-order chi connectivity index (χ1) is 21.4. The maximum atomic E-state index is 14.5. The second-order valence-electron chi connectivity index (χ2n) is 10.1. The molecular weight excluding hydrogens is 568 g/mol. The number of nitrogens with one attached hydrogen (secondary N) is 1. The molecule has 0 aliphatic carbocycles. The fourth-order valence-corrected chi connectivity index (χ4v) is 5.01. The maximum absolute atomic E-state index is 14.5. The van der Waals surface area contributed by atoms with E-state index in [9.17, 15) is 19.1 Å². The fraction of sp³-hybridized carbons (Fsp3) is 0.212. The van der Waals surface area contributed by atoms with Crippen molar-refractivity contribution in [3.8, 4) is 5.75 Å². The number of benzene rings is 4. The first-order valence-electron chi connectivity index (χ1n) is 13.9. The van der Waals surface area contributed by atoms with Gasteiger partial charge in [-0.1, -0.05) is 59.7 Å². The molecule has 44 heavy (non-hydrogen) atoms. The van der Waals surface area contributed by atoms with Crippen molar-refractivity contribution in [2.45, 2.75) is 31.0 Å². The van der Waals surface area contributed by atoms with Crippen molar-refractivity contribution in [1.82, 2.24) is 5.32 Å². The van der Waals surface area contributed by atoms with Crippen molar-refractivity contribution in [1.29, 1.82) is 0 Å². The van der Waals surface area contributed by atoms with Crippen LogP contribution in [0.15, 0.2) is 107 Å². The van der Waals surface area contributed by atoms with Crippen molar-refractivity contribution in [2.75, 3.05) is 13.2 Å². The third-order valence-electron chi connectivity index (χ3n) is 7.18. The summed E-state index contributed by atoms with van der Waals surface area (Å²) < 4.78 is 40.5. The predicted octanol–water partition coefficient (Wildman–Crippen LogP) is 6.48. The van der Waals surface area contributed by atoms with Gasteiger partial charge in [0, 0.05) is 47.7 Å². The number of amides is 1. The lowest BCUT2D eigenvalue weighted by Crippen LogP contribution is -2.49. The van der Waals surface area contributed by atoms with Gasteiger partial charge in [0.15, 0.2) is 11.6 Å². The number of aliphatic hydroxyl groups excluding tert-OH is 1. The largest absolute Gasteiger partial charge is 0.494 e. The average Bonchev–Trinajstić information content (AvgIpc) is 3.43. The molecule has 0 aromatic heterocycles. The van der Waals surface area contributed by atoms with Crippen LogP contribution in [0.1, 0.15) is 34.8 Å². The number of nitrogens with zero attached hydrogens (tertiary/aromatic N) is 4. The van der Waals surface area contributed by atoms with Gasteiger partial charge in [-0.05, 0) is 59.1 Å². The molecule has 0 saturated carbocycles. The average molecular weight is 598 g/mol. The summed E-state index contributed by atoms with van der Waals surface area (Å²) in [5.74, 6) is -1.12. The van der Waals surface area contributed by atoms with Crippen molar-refractivity contribution in [3.05, 3.63) is 141 Å². The highest BCUT2D eigenvalue weighted by molar-refractivity contribution is 6.01. The van der Waals surface area contributed by atoms with Gasteiger partial charge < -0.3 is 19.9 Å². The van der Waals surface area contributed by atoms with E-state index in [1.807, 2.05) is 30.3 Å². The van der Waals surface area contributed by atoms with Crippen molar-refractivity contribution in [3.63, 3.8) is 0 Å². The molecule has 0 saturated heterocycles. The van der Waals surface area contributed by atoms with E-state index in [4.69, 9.17) is 19.6 Å². The Bertz CT molecular complexity index is 1690. The molecule has 2 N–H and O–H groups in total. The Morgan fingerprint density at radius 3 is 2.52 bits per heavy atom. The van der Waals surface area contributed by atoms with Gasteiger partial charge in [-0.25, -0.2) is 13.8 Å². The molecule has 2 atom stereocenters. The Hall–Kier alpha value is -5.25. The molecule has 224 valence electrons. The number of aliphatic imine (C=N–C) groups is 1. The lowest BCUT2D eigenvalue weighted by molar-refractivity contribution is -0.129.